The van der Waals surface area contributed by atoms with E-state index in [9.17, 15) is 0 Å². The highest BCUT2D eigenvalue weighted by Gasteiger charge is 2.20. The van der Waals surface area contributed by atoms with Gasteiger partial charge in [0.05, 0.1) is 6.54 Å². The van der Waals surface area contributed by atoms with E-state index in [1.165, 1.54) is 19.3 Å². The van der Waals surface area contributed by atoms with E-state index in [2.05, 4.69) is 24.8 Å². The van der Waals surface area contributed by atoms with Crippen LogP contribution in [0.15, 0.2) is 34.9 Å². The molecule has 0 unspecified atom stereocenters. The Kier molecular flexibility index (Phi) is 8.34. The Labute approximate surface area is 193 Å². The molecular weight excluding hydrogens is 499 g/mol. The largest absolute Gasteiger partial charge is 0.474 e. The van der Waals surface area contributed by atoms with Crippen molar-refractivity contribution in [3.63, 3.8) is 0 Å². The van der Waals surface area contributed by atoms with Crippen LogP contribution < -0.4 is 15.4 Å². The van der Waals surface area contributed by atoms with Crippen LogP contribution in [0.5, 0.6) is 5.88 Å². The molecule has 3 heterocycles. The Morgan fingerprint density at radius 1 is 1.14 bits per heavy atom. The number of anilines is 1. The Balaban J connectivity index is 0.00000240. The molecule has 4 rings (SSSR count). The van der Waals surface area contributed by atoms with Gasteiger partial charge in [0, 0.05) is 50.0 Å². The summed E-state index contributed by atoms with van der Waals surface area (Å²) >= 11 is 1.68. The Hall–Kier alpha value is -1.62. The Morgan fingerprint density at radius 3 is 2.66 bits per heavy atom. The summed E-state index contributed by atoms with van der Waals surface area (Å²) in [5.74, 6) is 1.31. The van der Waals surface area contributed by atoms with Crippen LogP contribution in [0.1, 0.15) is 37.7 Å². The lowest BCUT2D eigenvalue weighted by molar-refractivity contribution is 0.148. The van der Waals surface area contributed by atoms with Crippen molar-refractivity contribution in [1.29, 1.82) is 0 Å². The van der Waals surface area contributed by atoms with Crippen molar-refractivity contribution in [2.45, 2.75) is 44.8 Å². The first-order chi connectivity index (χ1) is 13.8. The van der Waals surface area contributed by atoms with Crippen LogP contribution in [0, 0.1) is 0 Å². The van der Waals surface area contributed by atoms with E-state index >= 15 is 0 Å². The number of nitrogens with two attached hydrogens (primary N) is 1. The highest BCUT2D eigenvalue weighted by atomic mass is 127. The fraction of sp³-hybridized carbons (Fsp3) is 0.550. The summed E-state index contributed by atoms with van der Waals surface area (Å²) in [5, 5.41) is 3.09. The first kappa shape index (κ1) is 22.1. The second kappa shape index (κ2) is 11.0. The number of aromatic nitrogens is 2. The predicted molar refractivity (Wildman–Crippen MR) is 128 cm³/mol. The number of hydrogen-bond acceptors (Lipinski definition) is 6. The first-order valence-electron chi connectivity index (χ1n) is 10.1. The zero-order valence-corrected chi connectivity index (χ0v) is 19.7. The molecule has 1 saturated heterocycles. The summed E-state index contributed by atoms with van der Waals surface area (Å²) in [4.78, 5) is 17.8. The lowest BCUT2D eigenvalue weighted by Crippen LogP contribution is -2.51. The van der Waals surface area contributed by atoms with Gasteiger partial charge in [-0.3, -0.25) is 0 Å². The molecule has 0 amide bonds. The number of halogens is 1. The highest BCUT2D eigenvalue weighted by molar-refractivity contribution is 14.0. The minimum absolute atomic E-state index is 0. The lowest BCUT2D eigenvalue weighted by atomic mass is 9.98. The van der Waals surface area contributed by atoms with Crippen LogP contribution >= 0.6 is 35.3 Å². The second-order valence-electron chi connectivity index (χ2n) is 7.34. The molecule has 0 bridgehead atoms. The van der Waals surface area contributed by atoms with Gasteiger partial charge in [-0.25, -0.2) is 15.0 Å². The molecule has 2 aromatic rings. The summed E-state index contributed by atoms with van der Waals surface area (Å²) in [7, 11) is 0. The molecule has 158 valence electrons. The summed E-state index contributed by atoms with van der Waals surface area (Å²) in [5.41, 5.74) is 7.32. The number of piperazine rings is 1. The number of pyridine rings is 1. The summed E-state index contributed by atoms with van der Waals surface area (Å²) in [6, 6.07) is 3.97. The van der Waals surface area contributed by atoms with Crippen molar-refractivity contribution in [3.05, 3.63) is 35.5 Å². The number of hydrogen-bond donors (Lipinski definition) is 1. The molecule has 2 N–H and O–H groups in total. The number of ether oxygens (including phenoxy) is 1. The monoisotopic (exact) mass is 528 g/mol. The van der Waals surface area contributed by atoms with Crippen molar-refractivity contribution in [2.24, 2.45) is 10.7 Å². The molecule has 1 aliphatic heterocycles. The minimum Gasteiger partial charge on any atom is -0.474 e. The third-order valence-electron chi connectivity index (χ3n) is 5.36. The molecule has 0 aromatic carbocycles. The van der Waals surface area contributed by atoms with Crippen molar-refractivity contribution < 1.29 is 4.74 Å². The lowest BCUT2D eigenvalue weighted by Gasteiger charge is -2.35. The summed E-state index contributed by atoms with van der Waals surface area (Å²) < 4.78 is 6.05. The van der Waals surface area contributed by atoms with Crippen LogP contribution in [0.25, 0.3) is 0 Å². The molecule has 0 atom stereocenters. The van der Waals surface area contributed by atoms with E-state index in [0.717, 1.165) is 49.7 Å². The van der Waals surface area contributed by atoms with Crippen molar-refractivity contribution in [3.8, 4) is 5.88 Å². The second-order valence-corrected chi connectivity index (χ2v) is 8.22. The van der Waals surface area contributed by atoms with Crippen LogP contribution in [0.4, 0.5) is 5.13 Å². The van der Waals surface area contributed by atoms with Crippen molar-refractivity contribution in [2.75, 3.05) is 31.1 Å². The van der Waals surface area contributed by atoms with E-state index < -0.39 is 0 Å². The Bertz CT molecular complexity index is 773. The predicted octanol–water partition coefficient (Wildman–Crippen LogP) is 3.50. The van der Waals surface area contributed by atoms with Gasteiger partial charge < -0.3 is 20.3 Å². The number of nitrogens with zero attached hydrogens (tertiary/aromatic N) is 5. The van der Waals surface area contributed by atoms with Crippen LogP contribution in [0.3, 0.4) is 0 Å². The maximum atomic E-state index is 6.25. The van der Waals surface area contributed by atoms with E-state index in [1.54, 1.807) is 17.5 Å². The van der Waals surface area contributed by atoms with E-state index in [4.69, 9.17) is 10.5 Å². The van der Waals surface area contributed by atoms with Crippen molar-refractivity contribution in [1.82, 2.24) is 14.9 Å². The molecule has 0 radical (unpaired) electrons. The normalized spacial score (nSPS) is 18.4. The quantitative estimate of drug-likeness (QED) is 0.364. The maximum Gasteiger partial charge on any atom is 0.213 e. The van der Waals surface area contributed by atoms with E-state index in [1.807, 2.05) is 23.7 Å². The van der Waals surface area contributed by atoms with Gasteiger partial charge in [-0.1, -0.05) is 6.42 Å². The summed E-state index contributed by atoms with van der Waals surface area (Å²) in [6.45, 7) is 4.10. The molecule has 2 aliphatic rings. The molecule has 2 aromatic heterocycles. The third kappa shape index (κ3) is 6.18. The number of guanidine groups is 1. The van der Waals surface area contributed by atoms with E-state index in [0.29, 0.717) is 24.5 Å². The highest BCUT2D eigenvalue weighted by Crippen LogP contribution is 2.23. The van der Waals surface area contributed by atoms with Gasteiger partial charge in [0.2, 0.25) is 5.88 Å². The molecule has 7 nitrogen and oxygen atoms in total. The van der Waals surface area contributed by atoms with Crippen LogP contribution in [-0.2, 0) is 6.54 Å². The Morgan fingerprint density at radius 2 is 1.93 bits per heavy atom. The maximum absolute atomic E-state index is 6.25. The molecule has 9 heteroatoms. The first-order valence-corrected chi connectivity index (χ1v) is 11.0. The molecular formula is C20H29IN6OS. The van der Waals surface area contributed by atoms with Gasteiger partial charge in [0.25, 0.3) is 0 Å². The molecule has 1 aliphatic carbocycles. The number of thiazole rings is 1. The molecule has 0 spiro atoms. The van der Waals surface area contributed by atoms with Gasteiger partial charge in [0.15, 0.2) is 11.1 Å². The average Bonchev–Trinajstić information content (AvgIpc) is 3.28. The van der Waals surface area contributed by atoms with Gasteiger partial charge in [-0.05, 0) is 37.3 Å². The van der Waals surface area contributed by atoms with Gasteiger partial charge in [-0.15, -0.1) is 35.3 Å². The van der Waals surface area contributed by atoms with Crippen LogP contribution in [-0.4, -0.2) is 53.1 Å². The molecule has 2 fully saturated rings. The number of rotatable bonds is 5. The average molecular weight is 528 g/mol. The molecule has 1 saturated carbocycles. The summed E-state index contributed by atoms with van der Waals surface area (Å²) in [6.07, 6.45) is 10.0. The molecule has 29 heavy (non-hydrogen) atoms. The van der Waals surface area contributed by atoms with Gasteiger partial charge in [-0.2, -0.15) is 0 Å². The topological polar surface area (TPSA) is 79.9 Å². The smallest absolute Gasteiger partial charge is 0.213 e. The number of aliphatic imine (C=N–C) groups is 1. The fourth-order valence-electron chi connectivity index (χ4n) is 3.74. The minimum atomic E-state index is 0. The van der Waals surface area contributed by atoms with Gasteiger partial charge >= 0.3 is 0 Å². The third-order valence-corrected chi connectivity index (χ3v) is 6.19. The SMILES string of the molecule is I.NC(=NCc1ccnc(OC2CCCCC2)c1)N1CCN(c2nccs2)CC1. The van der Waals surface area contributed by atoms with E-state index in [-0.39, 0.29) is 24.0 Å². The van der Waals surface area contributed by atoms with Crippen LogP contribution in [0.2, 0.25) is 0 Å². The standard InChI is InChI=1S/C20H28N6OS.HI/c21-19(25-9-11-26(12-10-25)20-23-8-13-28-20)24-15-16-6-7-22-18(14-16)27-17-4-2-1-3-5-17;/h6-8,13-14,17H,1-5,9-12,15H2,(H2,21,24);1H. The van der Waals surface area contributed by atoms with Crippen molar-refractivity contribution >= 4 is 46.4 Å². The van der Waals surface area contributed by atoms with Gasteiger partial charge in [0.1, 0.15) is 6.10 Å². The zero-order chi connectivity index (χ0) is 19.2. The fourth-order valence-corrected chi connectivity index (χ4v) is 4.43. The zero-order valence-electron chi connectivity index (χ0n) is 16.6.